The first-order chi connectivity index (χ1) is 9.58. The SMILES string of the molecule is CC1OCCC1CNC(=O)NC1CCCCC1C(=O)O. The highest BCUT2D eigenvalue weighted by atomic mass is 16.5. The van der Waals surface area contributed by atoms with Gasteiger partial charge in [-0.3, -0.25) is 4.79 Å². The maximum absolute atomic E-state index is 11.9. The number of carbonyl (C=O) groups is 2. The van der Waals surface area contributed by atoms with Crippen molar-refractivity contribution in [2.75, 3.05) is 13.2 Å². The van der Waals surface area contributed by atoms with Gasteiger partial charge in [-0.2, -0.15) is 0 Å². The zero-order chi connectivity index (χ0) is 14.5. The molecule has 2 amide bonds. The van der Waals surface area contributed by atoms with E-state index in [1.54, 1.807) is 0 Å². The van der Waals surface area contributed by atoms with Crippen LogP contribution in [0.5, 0.6) is 0 Å². The molecule has 3 N–H and O–H groups in total. The Kier molecular flexibility index (Phi) is 5.23. The number of aliphatic carboxylic acids is 1. The molecule has 0 radical (unpaired) electrons. The second-order valence-corrected chi connectivity index (χ2v) is 5.81. The Balaban J connectivity index is 1.76. The van der Waals surface area contributed by atoms with Gasteiger partial charge in [0.15, 0.2) is 0 Å². The number of urea groups is 1. The summed E-state index contributed by atoms with van der Waals surface area (Å²) in [5, 5.41) is 14.8. The molecule has 114 valence electrons. The number of nitrogens with one attached hydrogen (secondary N) is 2. The highest BCUT2D eigenvalue weighted by molar-refractivity contribution is 5.76. The van der Waals surface area contributed by atoms with E-state index in [0.29, 0.717) is 18.9 Å². The van der Waals surface area contributed by atoms with Crippen molar-refractivity contribution in [3.8, 4) is 0 Å². The van der Waals surface area contributed by atoms with Crippen LogP contribution in [0, 0.1) is 11.8 Å². The summed E-state index contributed by atoms with van der Waals surface area (Å²) in [6, 6.07) is -0.513. The van der Waals surface area contributed by atoms with E-state index in [0.717, 1.165) is 32.3 Å². The highest BCUT2D eigenvalue weighted by Crippen LogP contribution is 2.24. The second kappa shape index (κ2) is 6.92. The maximum Gasteiger partial charge on any atom is 0.315 e. The molecule has 2 rings (SSSR count). The van der Waals surface area contributed by atoms with Gasteiger partial charge < -0.3 is 20.5 Å². The van der Waals surface area contributed by atoms with Gasteiger partial charge in [-0.15, -0.1) is 0 Å². The zero-order valence-electron chi connectivity index (χ0n) is 11.9. The third-order valence-corrected chi connectivity index (χ3v) is 4.46. The van der Waals surface area contributed by atoms with Crippen molar-refractivity contribution in [3.05, 3.63) is 0 Å². The molecule has 2 fully saturated rings. The van der Waals surface area contributed by atoms with Gasteiger partial charge in [0, 0.05) is 25.1 Å². The van der Waals surface area contributed by atoms with Gasteiger partial charge in [0.1, 0.15) is 0 Å². The van der Waals surface area contributed by atoms with Crippen LogP contribution in [-0.2, 0) is 9.53 Å². The number of carboxylic acids is 1. The Hall–Kier alpha value is -1.30. The Morgan fingerprint density at radius 2 is 2.00 bits per heavy atom. The number of hydrogen-bond donors (Lipinski definition) is 3. The van der Waals surface area contributed by atoms with Crippen LogP contribution >= 0.6 is 0 Å². The summed E-state index contributed by atoms with van der Waals surface area (Å²) >= 11 is 0. The molecule has 0 bridgehead atoms. The lowest BCUT2D eigenvalue weighted by Gasteiger charge is -2.29. The topological polar surface area (TPSA) is 87.7 Å². The Morgan fingerprint density at radius 3 is 2.65 bits per heavy atom. The lowest BCUT2D eigenvalue weighted by molar-refractivity contribution is -0.143. The van der Waals surface area contributed by atoms with Crippen molar-refractivity contribution < 1.29 is 19.4 Å². The van der Waals surface area contributed by atoms with E-state index in [4.69, 9.17) is 4.74 Å². The van der Waals surface area contributed by atoms with Crippen LogP contribution in [-0.4, -0.2) is 42.4 Å². The molecule has 20 heavy (non-hydrogen) atoms. The molecule has 0 aromatic carbocycles. The van der Waals surface area contributed by atoms with Crippen molar-refractivity contribution >= 4 is 12.0 Å². The summed E-state index contributed by atoms with van der Waals surface area (Å²) in [7, 11) is 0. The average Bonchev–Trinajstić information content (AvgIpc) is 2.82. The van der Waals surface area contributed by atoms with Crippen LogP contribution in [0.3, 0.4) is 0 Å². The van der Waals surface area contributed by atoms with E-state index < -0.39 is 11.9 Å². The largest absolute Gasteiger partial charge is 0.481 e. The highest BCUT2D eigenvalue weighted by Gasteiger charge is 2.32. The fourth-order valence-electron chi connectivity index (χ4n) is 3.09. The summed E-state index contributed by atoms with van der Waals surface area (Å²) < 4.78 is 5.45. The molecule has 6 heteroatoms. The van der Waals surface area contributed by atoms with E-state index in [1.165, 1.54) is 0 Å². The average molecular weight is 284 g/mol. The first kappa shape index (κ1) is 15.1. The van der Waals surface area contributed by atoms with Gasteiger partial charge in [0.2, 0.25) is 0 Å². The summed E-state index contributed by atoms with van der Waals surface area (Å²) in [4.78, 5) is 23.1. The second-order valence-electron chi connectivity index (χ2n) is 5.81. The maximum atomic E-state index is 11.9. The minimum Gasteiger partial charge on any atom is -0.481 e. The minimum atomic E-state index is -0.812. The Labute approximate surface area is 119 Å². The van der Waals surface area contributed by atoms with E-state index in [2.05, 4.69) is 10.6 Å². The molecule has 0 aromatic rings. The van der Waals surface area contributed by atoms with Gasteiger partial charge in [0.05, 0.1) is 12.0 Å². The van der Waals surface area contributed by atoms with Gasteiger partial charge in [-0.1, -0.05) is 12.8 Å². The molecule has 0 aromatic heterocycles. The zero-order valence-corrected chi connectivity index (χ0v) is 11.9. The van der Waals surface area contributed by atoms with Gasteiger partial charge in [0.25, 0.3) is 0 Å². The molecule has 0 spiro atoms. The van der Waals surface area contributed by atoms with E-state index in [1.807, 2.05) is 6.92 Å². The molecular formula is C14H24N2O4. The lowest BCUT2D eigenvalue weighted by Crippen LogP contribution is -2.49. The third kappa shape index (κ3) is 3.85. The van der Waals surface area contributed by atoms with Gasteiger partial charge in [-0.25, -0.2) is 4.79 Å². The van der Waals surface area contributed by atoms with Gasteiger partial charge in [-0.05, 0) is 26.2 Å². The molecule has 1 aliphatic carbocycles. The molecule has 4 atom stereocenters. The molecule has 2 aliphatic rings. The Bertz CT molecular complexity index is 361. The first-order valence-corrected chi connectivity index (χ1v) is 7.46. The van der Waals surface area contributed by atoms with Crippen molar-refractivity contribution in [1.29, 1.82) is 0 Å². The summed E-state index contributed by atoms with van der Waals surface area (Å²) in [6.07, 6.45) is 4.43. The van der Waals surface area contributed by atoms with Gasteiger partial charge >= 0.3 is 12.0 Å². The predicted octanol–water partition coefficient (Wildman–Crippen LogP) is 1.35. The fourth-order valence-corrected chi connectivity index (χ4v) is 3.09. The molecule has 1 saturated carbocycles. The molecular weight excluding hydrogens is 260 g/mol. The summed E-state index contributed by atoms with van der Waals surface area (Å²) in [6.45, 7) is 3.34. The number of rotatable bonds is 4. The number of carbonyl (C=O) groups excluding carboxylic acids is 1. The normalized spacial score (nSPS) is 33.6. The lowest BCUT2D eigenvalue weighted by atomic mass is 9.84. The van der Waals surface area contributed by atoms with Crippen LogP contribution in [0.25, 0.3) is 0 Å². The fraction of sp³-hybridized carbons (Fsp3) is 0.857. The van der Waals surface area contributed by atoms with E-state index in [9.17, 15) is 14.7 Å². The predicted molar refractivity (Wildman–Crippen MR) is 73.4 cm³/mol. The minimum absolute atomic E-state index is 0.178. The molecule has 1 aliphatic heterocycles. The number of ether oxygens (including phenoxy) is 1. The van der Waals surface area contributed by atoms with E-state index in [-0.39, 0.29) is 18.2 Å². The number of amides is 2. The standard InChI is InChI=1S/C14H24N2O4/c1-9-10(6-7-20-9)8-15-14(19)16-12-5-3-2-4-11(12)13(17)18/h9-12H,2-8H2,1H3,(H,17,18)(H2,15,16,19). The van der Waals surface area contributed by atoms with Crippen molar-refractivity contribution in [2.24, 2.45) is 11.8 Å². The third-order valence-electron chi connectivity index (χ3n) is 4.46. The van der Waals surface area contributed by atoms with Crippen molar-refractivity contribution in [3.63, 3.8) is 0 Å². The van der Waals surface area contributed by atoms with Crippen LogP contribution in [0.15, 0.2) is 0 Å². The summed E-state index contributed by atoms with van der Waals surface area (Å²) in [5.74, 6) is -0.918. The van der Waals surface area contributed by atoms with Crippen molar-refractivity contribution in [1.82, 2.24) is 10.6 Å². The molecule has 1 saturated heterocycles. The first-order valence-electron chi connectivity index (χ1n) is 7.46. The van der Waals surface area contributed by atoms with Crippen LogP contribution < -0.4 is 10.6 Å². The van der Waals surface area contributed by atoms with Crippen LogP contribution in [0.2, 0.25) is 0 Å². The molecule has 6 nitrogen and oxygen atoms in total. The quantitative estimate of drug-likeness (QED) is 0.727. The Morgan fingerprint density at radius 1 is 1.25 bits per heavy atom. The number of carboxylic acid groups (broad SMARTS) is 1. The molecule has 4 unspecified atom stereocenters. The van der Waals surface area contributed by atoms with Crippen LogP contribution in [0.4, 0.5) is 4.79 Å². The van der Waals surface area contributed by atoms with Crippen LogP contribution in [0.1, 0.15) is 39.0 Å². The van der Waals surface area contributed by atoms with E-state index >= 15 is 0 Å². The summed E-state index contributed by atoms with van der Waals surface area (Å²) in [5.41, 5.74) is 0. The molecule has 1 heterocycles. The monoisotopic (exact) mass is 284 g/mol. The smallest absolute Gasteiger partial charge is 0.315 e. The van der Waals surface area contributed by atoms with Crippen molar-refractivity contribution in [2.45, 2.75) is 51.2 Å². The number of hydrogen-bond acceptors (Lipinski definition) is 3.